The van der Waals surface area contributed by atoms with Crippen molar-refractivity contribution < 1.29 is 15.0 Å². The molecule has 0 unspecified atom stereocenters. The summed E-state index contributed by atoms with van der Waals surface area (Å²) in [5.74, 6) is -1.28. The van der Waals surface area contributed by atoms with E-state index in [2.05, 4.69) is 23.1 Å². The summed E-state index contributed by atoms with van der Waals surface area (Å²) in [5, 5.41) is 18.7. The van der Waals surface area contributed by atoms with Crippen LogP contribution in [0.1, 0.15) is 27.9 Å². The number of carboxylic acid groups (broad SMARTS) is 1. The van der Waals surface area contributed by atoms with Crippen molar-refractivity contribution >= 4 is 11.7 Å². The van der Waals surface area contributed by atoms with E-state index < -0.39 is 5.97 Å². The molecule has 0 amide bonds. The maximum Gasteiger partial charge on any atom is 0.339 e. The van der Waals surface area contributed by atoms with Gasteiger partial charge in [-0.25, -0.2) is 4.79 Å². The second kappa shape index (κ2) is 5.48. The molecule has 4 nitrogen and oxygen atoms in total. The number of hydrogen-bond donors (Lipinski definition) is 2. The lowest BCUT2D eigenvalue weighted by molar-refractivity contribution is 0.0693. The summed E-state index contributed by atoms with van der Waals surface area (Å²) in [7, 11) is 0. The number of aryl methyl sites for hydroxylation is 1. The van der Waals surface area contributed by atoms with Gasteiger partial charge in [0.25, 0.3) is 0 Å². The van der Waals surface area contributed by atoms with Crippen molar-refractivity contribution in [3.8, 4) is 5.75 Å². The highest BCUT2D eigenvalue weighted by atomic mass is 16.4. The molecule has 0 saturated carbocycles. The number of fused-ring (bicyclic) bond motifs is 1. The molecule has 108 valence electrons. The van der Waals surface area contributed by atoms with Gasteiger partial charge in [-0.15, -0.1) is 0 Å². The molecule has 2 N–H and O–H groups in total. The Morgan fingerprint density at radius 2 is 2.00 bits per heavy atom. The average molecular weight is 283 g/mol. The summed E-state index contributed by atoms with van der Waals surface area (Å²) >= 11 is 0. The van der Waals surface area contributed by atoms with Gasteiger partial charge < -0.3 is 15.1 Å². The van der Waals surface area contributed by atoms with E-state index in [1.165, 1.54) is 17.3 Å². The third-order valence-corrected chi connectivity index (χ3v) is 3.87. The summed E-state index contributed by atoms with van der Waals surface area (Å²) in [4.78, 5) is 13.2. The lowest BCUT2D eigenvalue weighted by Crippen LogP contribution is -2.28. The number of anilines is 1. The van der Waals surface area contributed by atoms with Gasteiger partial charge in [0.05, 0.1) is 0 Å². The Balaban J connectivity index is 1.85. The number of rotatable bonds is 3. The molecule has 0 spiro atoms. The first-order chi connectivity index (χ1) is 10.1. The molecule has 2 aromatic carbocycles. The van der Waals surface area contributed by atoms with Crippen LogP contribution in [0.25, 0.3) is 0 Å². The average Bonchev–Trinajstić information content (AvgIpc) is 2.47. The molecule has 1 aliphatic heterocycles. The fourth-order valence-electron chi connectivity index (χ4n) is 2.85. The van der Waals surface area contributed by atoms with Gasteiger partial charge in [0.2, 0.25) is 0 Å². The molecule has 0 bridgehead atoms. The number of carbonyl (C=O) groups is 1. The molecule has 21 heavy (non-hydrogen) atoms. The highest BCUT2D eigenvalue weighted by molar-refractivity contribution is 5.90. The smallest absolute Gasteiger partial charge is 0.339 e. The van der Waals surface area contributed by atoms with Gasteiger partial charge in [-0.3, -0.25) is 0 Å². The van der Waals surface area contributed by atoms with E-state index in [-0.39, 0.29) is 11.3 Å². The topological polar surface area (TPSA) is 60.8 Å². The Hall–Kier alpha value is -2.49. The SMILES string of the molecule is O=C(O)c1ccc(CN2CCCc3ccccc32)cc1O. The van der Waals surface area contributed by atoms with Crippen LogP contribution in [0.2, 0.25) is 0 Å². The van der Waals surface area contributed by atoms with Gasteiger partial charge in [-0.1, -0.05) is 24.3 Å². The largest absolute Gasteiger partial charge is 0.507 e. The maximum absolute atomic E-state index is 10.9. The minimum Gasteiger partial charge on any atom is -0.507 e. The van der Waals surface area contributed by atoms with E-state index in [0.717, 1.165) is 24.9 Å². The fraction of sp³-hybridized carbons (Fsp3) is 0.235. The number of nitrogens with zero attached hydrogens (tertiary/aromatic N) is 1. The van der Waals surface area contributed by atoms with Crippen molar-refractivity contribution in [1.29, 1.82) is 0 Å². The summed E-state index contributed by atoms with van der Waals surface area (Å²) in [6, 6.07) is 13.1. The number of para-hydroxylation sites is 1. The van der Waals surface area contributed by atoms with Crippen LogP contribution in [0, 0.1) is 0 Å². The molecular formula is C17H17NO3. The molecule has 1 heterocycles. The predicted octanol–water partition coefficient (Wildman–Crippen LogP) is 3.04. The first-order valence-electron chi connectivity index (χ1n) is 7.03. The molecule has 1 aliphatic rings. The highest BCUT2D eigenvalue weighted by Crippen LogP contribution is 2.29. The van der Waals surface area contributed by atoms with Gasteiger partial charge in [0.1, 0.15) is 11.3 Å². The maximum atomic E-state index is 10.9. The van der Waals surface area contributed by atoms with Crippen molar-refractivity contribution in [3.05, 3.63) is 59.2 Å². The van der Waals surface area contributed by atoms with E-state index in [9.17, 15) is 9.90 Å². The van der Waals surface area contributed by atoms with E-state index in [4.69, 9.17) is 5.11 Å². The highest BCUT2D eigenvalue weighted by Gasteiger charge is 2.17. The Kier molecular flexibility index (Phi) is 3.52. The number of carboxylic acids is 1. The zero-order valence-corrected chi connectivity index (χ0v) is 11.6. The van der Waals surface area contributed by atoms with Crippen LogP contribution in [-0.2, 0) is 13.0 Å². The monoisotopic (exact) mass is 283 g/mol. The Morgan fingerprint density at radius 1 is 1.19 bits per heavy atom. The molecule has 3 rings (SSSR count). The van der Waals surface area contributed by atoms with Crippen LogP contribution in [0.5, 0.6) is 5.75 Å². The summed E-state index contributed by atoms with van der Waals surface area (Å²) in [6.07, 6.45) is 2.20. The Labute approximate surface area is 123 Å². The first kappa shape index (κ1) is 13.5. The van der Waals surface area contributed by atoms with Crippen LogP contribution in [0.4, 0.5) is 5.69 Å². The number of aromatic hydroxyl groups is 1. The van der Waals surface area contributed by atoms with Gasteiger partial charge in [0, 0.05) is 18.8 Å². The van der Waals surface area contributed by atoms with Gasteiger partial charge >= 0.3 is 5.97 Å². The Morgan fingerprint density at radius 3 is 2.76 bits per heavy atom. The molecule has 2 aromatic rings. The number of benzene rings is 2. The van der Waals surface area contributed by atoms with E-state index in [1.54, 1.807) is 12.1 Å². The number of aromatic carboxylic acids is 1. The minimum atomic E-state index is -1.11. The quantitative estimate of drug-likeness (QED) is 0.909. The van der Waals surface area contributed by atoms with Crippen LogP contribution in [0.15, 0.2) is 42.5 Å². The van der Waals surface area contributed by atoms with Crippen molar-refractivity contribution in [2.75, 3.05) is 11.4 Å². The van der Waals surface area contributed by atoms with Gasteiger partial charge in [-0.05, 0) is 42.2 Å². The van der Waals surface area contributed by atoms with E-state index in [1.807, 2.05) is 6.07 Å². The molecule has 4 heteroatoms. The lowest BCUT2D eigenvalue weighted by Gasteiger charge is -2.31. The van der Waals surface area contributed by atoms with Crippen LogP contribution in [0.3, 0.4) is 0 Å². The third-order valence-electron chi connectivity index (χ3n) is 3.87. The molecule has 0 atom stereocenters. The zero-order valence-electron chi connectivity index (χ0n) is 11.6. The summed E-state index contributed by atoms with van der Waals surface area (Å²) in [5.41, 5.74) is 3.42. The van der Waals surface area contributed by atoms with Crippen LogP contribution >= 0.6 is 0 Å². The second-order valence-electron chi connectivity index (χ2n) is 5.31. The van der Waals surface area contributed by atoms with Gasteiger partial charge in [-0.2, -0.15) is 0 Å². The van der Waals surface area contributed by atoms with Gasteiger partial charge in [0.15, 0.2) is 0 Å². The zero-order chi connectivity index (χ0) is 14.8. The van der Waals surface area contributed by atoms with Crippen molar-refractivity contribution in [3.63, 3.8) is 0 Å². The van der Waals surface area contributed by atoms with Crippen molar-refractivity contribution in [2.45, 2.75) is 19.4 Å². The summed E-state index contributed by atoms with van der Waals surface area (Å²) in [6.45, 7) is 1.64. The number of phenols is 1. The lowest BCUT2D eigenvalue weighted by atomic mass is 10.0. The fourth-order valence-corrected chi connectivity index (χ4v) is 2.85. The number of hydrogen-bond acceptors (Lipinski definition) is 3. The molecule has 0 saturated heterocycles. The third kappa shape index (κ3) is 2.70. The van der Waals surface area contributed by atoms with E-state index >= 15 is 0 Å². The summed E-state index contributed by atoms with van der Waals surface area (Å²) < 4.78 is 0. The minimum absolute atomic E-state index is 0.0576. The van der Waals surface area contributed by atoms with Crippen LogP contribution in [-0.4, -0.2) is 22.7 Å². The molecule has 0 aliphatic carbocycles. The van der Waals surface area contributed by atoms with Crippen LogP contribution < -0.4 is 4.90 Å². The first-order valence-corrected chi connectivity index (χ1v) is 7.03. The standard InChI is InChI=1S/C17H17NO3/c19-16-10-12(7-8-14(16)17(20)21)11-18-9-3-5-13-4-1-2-6-15(13)18/h1-2,4,6-8,10,19H,3,5,9,11H2,(H,20,21). The predicted molar refractivity (Wildman–Crippen MR) is 80.9 cm³/mol. The molecule has 0 fully saturated rings. The van der Waals surface area contributed by atoms with Crippen molar-refractivity contribution in [2.24, 2.45) is 0 Å². The van der Waals surface area contributed by atoms with Crippen molar-refractivity contribution in [1.82, 2.24) is 0 Å². The molecular weight excluding hydrogens is 266 g/mol. The molecule has 0 aromatic heterocycles. The Bertz CT molecular complexity index is 681. The van der Waals surface area contributed by atoms with E-state index in [0.29, 0.717) is 6.54 Å². The normalized spacial score (nSPS) is 13.8. The molecule has 0 radical (unpaired) electrons. The second-order valence-corrected chi connectivity index (χ2v) is 5.31.